The number of rotatable bonds is 4. The van der Waals surface area contributed by atoms with Crippen LogP contribution >= 0.6 is 0 Å². The summed E-state index contributed by atoms with van der Waals surface area (Å²) in [5.74, 6) is 0. The summed E-state index contributed by atoms with van der Waals surface area (Å²) in [6, 6.07) is 68.9. The number of fused-ring (bicyclic) bond motifs is 10. The fourth-order valence-electron chi connectivity index (χ4n) is 7.95. The Morgan fingerprint density at radius 3 is 1.39 bits per heavy atom. The van der Waals surface area contributed by atoms with Crippen LogP contribution in [0.2, 0.25) is 0 Å². The van der Waals surface area contributed by atoms with Gasteiger partial charge in [0.2, 0.25) is 0 Å². The van der Waals surface area contributed by atoms with E-state index in [1.54, 1.807) is 0 Å². The second-order valence-corrected chi connectivity index (χ2v) is 12.9. The molecule has 1 nitrogen and oxygen atoms in total. The zero-order chi connectivity index (χ0) is 32.3. The third kappa shape index (κ3) is 4.40. The van der Waals surface area contributed by atoms with E-state index in [0.717, 1.165) is 17.1 Å². The van der Waals surface area contributed by atoms with E-state index in [2.05, 4.69) is 193 Å². The van der Waals surface area contributed by atoms with Crippen LogP contribution in [0, 0.1) is 0 Å². The van der Waals surface area contributed by atoms with E-state index in [1.807, 2.05) is 0 Å². The highest BCUT2D eigenvalue weighted by Crippen LogP contribution is 2.45. The fraction of sp³-hybridized carbons (Fsp3) is 0. The first-order valence-electron chi connectivity index (χ1n) is 16.9. The Labute approximate surface area is 284 Å². The molecule has 1 heteroatoms. The van der Waals surface area contributed by atoms with Crippen molar-refractivity contribution in [1.29, 1.82) is 0 Å². The lowest BCUT2D eigenvalue weighted by Gasteiger charge is -2.29. The van der Waals surface area contributed by atoms with E-state index in [1.165, 1.54) is 75.8 Å². The van der Waals surface area contributed by atoms with Gasteiger partial charge in [-0.1, -0.05) is 158 Å². The number of nitrogens with zero attached hydrogens (tertiary/aromatic N) is 1. The molecule has 10 aromatic rings. The molecule has 0 radical (unpaired) electrons. The van der Waals surface area contributed by atoms with E-state index >= 15 is 0 Å². The quantitative estimate of drug-likeness (QED) is 0.177. The van der Waals surface area contributed by atoms with Gasteiger partial charge in [0.05, 0.1) is 5.69 Å². The molecule has 0 aliphatic carbocycles. The van der Waals surface area contributed by atoms with Gasteiger partial charge in [0, 0.05) is 16.9 Å². The Bertz CT molecular complexity index is 2860. The third-order valence-electron chi connectivity index (χ3n) is 10.2. The second-order valence-electron chi connectivity index (χ2n) is 12.9. The molecular weight excluding hydrogens is 591 g/mol. The summed E-state index contributed by atoms with van der Waals surface area (Å²) in [5, 5.41) is 15.1. The number of hydrogen-bond acceptors (Lipinski definition) is 1. The van der Waals surface area contributed by atoms with Crippen LogP contribution < -0.4 is 4.90 Å². The fourth-order valence-corrected chi connectivity index (χ4v) is 7.95. The smallest absolute Gasteiger partial charge is 0.0540 e. The molecule has 0 heterocycles. The summed E-state index contributed by atoms with van der Waals surface area (Å²) in [5.41, 5.74) is 5.81. The molecule has 0 amide bonds. The lowest BCUT2D eigenvalue weighted by Crippen LogP contribution is -2.11. The predicted octanol–water partition coefficient (Wildman–Crippen LogP) is 13.7. The molecule has 0 unspecified atom stereocenters. The summed E-state index contributed by atoms with van der Waals surface area (Å²) >= 11 is 0. The van der Waals surface area contributed by atoms with Crippen LogP contribution in [0.1, 0.15) is 0 Å². The first-order valence-corrected chi connectivity index (χ1v) is 16.9. The molecular formula is C48H31N. The molecule has 49 heavy (non-hydrogen) atoms. The van der Waals surface area contributed by atoms with Gasteiger partial charge in [-0.3, -0.25) is 0 Å². The van der Waals surface area contributed by atoms with Crippen LogP contribution in [0.3, 0.4) is 0 Å². The SMILES string of the molecule is c1ccc(N(c2ccc3ccc4ccccc4c3c2)c2ccc3c4ccccc4c4ccccc4c3c2)c(-c2cccc3ccccc23)c1. The van der Waals surface area contributed by atoms with Gasteiger partial charge >= 0.3 is 0 Å². The van der Waals surface area contributed by atoms with Crippen LogP contribution in [0.15, 0.2) is 188 Å². The molecule has 0 atom stereocenters. The molecule has 0 aliphatic heterocycles. The minimum absolute atomic E-state index is 1.13. The lowest BCUT2D eigenvalue weighted by atomic mass is 9.93. The van der Waals surface area contributed by atoms with Crippen molar-refractivity contribution in [3.63, 3.8) is 0 Å². The molecule has 0 saturated carbocycles. The van der Waals surface area contributed by atoms with Crippen LogP contribution in [-0.4, -0.2) is 0 Å². The topological polar surface area (TPSA) is 3.24 Å². The minimum atomic E-state index is 1.13. The first-order chi connectivity index (χ1) is 24.3. The average molecular weight is 622 g/mol. The van der Waals surface area contributed by atoms with E-state index in [9.17, 15) is 0 Å². The summed E-state index contributed by atoms with van der Waals surface area (Å²) < 4.78 is 0. The Hall–Kier alpha value is -6.44. The molecule has 10 rings (SSSR count). The van der Waals surface area contributed by atoms with Crippen LogP contribution in [0.25, 0.3) is 75.8 Å². The van der Waals surface area contributed by atoms with E-state index in [0.29, 0.717) is 0 Å². The van der Waals surface area contributed by atoms with Gasteiger partial charge in [-0.2, -0.15) is 0 Å². The molecule has 228 valence electrons. The van der Waals surface area contributed by atoms with Gasteiger partial charge in [-0.25, -0.2) is 0 Å². The van der Waals surface area contributed by atoms with Gasteiger partial charge in [-0.05, 0) is 101 Å². The number of para-hydroxylation sites is 1. The Morgan fingerprint density at radius 2 is 0.673 bits per heavy atom. The summed E-state index contributed by atoms with van der Waals surface area (Å²) in [7, 11) is 0. The van der Waals surface area contributed by atoms with Crippen molar-refractivity contribution >= 4 is 81.7 Å². The van der Waals surface area contributed by atoms with Crippen molar-refractivity contribution < 1.29 is 0 Å². The molecule has 0 aliphatic rings. The van der Waals surface area contributed by atoms with Crippen molar-refractivity contribution in [1.82, 2.24) is 0 Å². The van der Waals surface area contributed by atoms with E-state index in [-0.39, 0.29) is 0 Å². The highest BCUT2D eigenvalue weighted by atomic mass is 15.1. The molecule has 0 spiro atoms. The third-order valence-corrected chi connectivity index (χ3v) is 10.2. The summed E-state index contributed by atoms with van der Waals surface area (Å²) in [6.45, 7) is 0. The number of hydrogen-bond donors (Lipinski definition) is 0. The van der Waals surface area contributed by atoms with Crippen LogP contribution in [0.4, 0.5) is 17.1 Å². The molecule has 0 aromatic heterocycles. The zero-order valence-electron chi connectivity index (χ0n) is 26.8. The Balaban J connectivity index is 1.29. The maximum absolute atomic E-state index is 2.46. The zero-order valence-corrected chi connectivity index (χ0v) is 26.8. The normalized spacial score (nSPS) is 11.7. The molecule has 0 N–H and O–H groups in total. The maximum atomic E-state index is 2.46. The lowest BCUT2D eigenvalue weighted by molar-refractivity contribution is 1.30. The van der Waals surface area contributed by atoms with Gasteiger partial charge in [0.25, 0.3) is 0 Å². The maximum Gasteiger partial charge on any atom is 0.0540 e. The standard InChI is InChI=1S/C48H31N/c1-3-15-37-32(12-1)14-11-22-39(37)45-21-9-10-23-48(45)49(35-27-26-34-25-24-33-13-2-4-16-38(33)46(34)30-35)36-28-29-44-42-19-6-5-17-40(42)41-18-7-8-20-43(41)47(44)31-36/h1-31H. The molecule has 0 fully saturated rings. The van der Waals surface area contributed by atoms with Crippen molar-refractivity contribution in [2.45, 2.75) is 0 Å². The van der Waals surface area contributed by atoms with E-state index < -0.39 is 0 Å². The van der Waals surface area contributed by atoms with Gasteiger partial charge < -0.3 is 4.90 Å². The van der Waals surface area contributed by atoms with E-state index in [4.69, 9.17) is 0 Å². The van der Waals surface area contributed by atoms with Crippen molar-refractivity contribution in [2.75, 3.05) is 4.90 Å². The second kappa shape index (κ2) is 11.1. The van der Waals surface area contributed by atoms with Crippen molar-refractivity contribution in [3.05, 3.63) is 188 Å². The van der Waals surface area contributed by atoms with Crippen LogP contribution in [-0.2, 0) is 0 Å². The largest absolute Gasteiger partial charge is 0.310 e. The molecule has 0 bridgehead atoms. The summed E-state index contributed by atoms with van der Waals surface area (Å²) in [4.78, 5) is 2.46. The average Bonchev–Trinajstić information content (AvgIpc) is 3.18. The van der Waals surface area contributed by atoms with Gasteiger partial charge in [0.1, 0.15) is 0 Å². The first kappa shape index (κ1) is 27.7. The van der Waals surface area contributed by atoms with Crippen molar-refractivity contribution in [3.8, 4) is 11.1 Å². The predicted molar refractivity (Wildman–Crippen MR) is 212 cm³/mol. The van der Waals surface area contributed by atoms with Gasteiger partial charge in [-0.15, -0.1) is 0 Å². The summed E-state index contributed by atoms with van der Waals surface area (Å²) in [6.07, 6.45) is 0. The van der Waals surface area contributed by atoms with Gasteiger partial charge in [0.15, 0.2) is 0 Å². The number of benzene rings is 10. The van der Waals surface area contributed by atoms with Crippen molar-refractivity contribution in [2.24, 2.45) is 0 Å². The minimum Gasteiger partial charge on any atom is -0.310 e. The Kier molecular flexibility index (Phi) is 6.25. The number of anilines is 3. The molecule has 0 saturated heterocycles. The highest BCUT2D eigenvalue weighted by molar-refractivity contribution is 6.26. The van der Waals surface area contributed by atoms with Crippen LogP contribution in [0.5, 0.6) is 0 Å². The monoisotopic (exact) mass is 621 g/mol. The molecule has 10 aromatic carbocycles. The highest BCUT2D eigenvalue weighted by Gasteiger charge is 2.20. The Morgan fingerprint density at radius 1 is 0.245 bits per heavy atom.